The summed E-state index contributed by atoms with van der Waals surface area (Å²) in [5.74, 6) is 3.97. The molecule has 5 aliphatic rings. The van der Waals surface area contributed by atoms with Crippen LogP contribution < -0.4 is 5.32 Å². The zero-order chi connectivity index (χ0) is 16.1. The fourth-order valence-corrected chi connectivity index (χ4v) is 6.31. The Morgan fingerprint density at radius 1 is 1.08 bits per heavy atom. The zero-order valence-corrected chi connectivity index (χ0v) is 14.4. The predicted molar refractivity (Wildman–Crippen MR) is 91.6 cm³/mol. The van der Waals surface area contributed by atoms with Gasteiger partial charge in [0.15, 0.2) is 5.76 Å². The molecule has 1 aliphatic heterocycles. The highest BCUT2D eigenvalue weighted by Crippen LogP contribution is 2.55. The summed E-state index contributed by atoms with van der Waals surface area (Å²) in [7, 11) is 0. The molecule has 24 heavy (non-hydrogen) atoms. The van der Waals surface area contributed by atoms with E-state index in [2.05, 4.69) is 10.2 Å². The largest absolute Gasteiger partial charge is 0.455 e. The second-order valence-corrected chi connectivity index (χ2v) is 8.90. The molecule has 2 heterocycles. The highest BCUT2D eigenvalue weighted by atomic mass is 16.4. The highest BCUT2D eigenvalue weighted by Gasteiger charge is 2.51. The van der Waals surface area contributed by atoms with Crippen molar-refractivity contribution in [2.24, 2.45) is 17.8 Å². The van der Waals surface area contributed by atoms with Gasteiger partial charge in [-0.15, -0.1) is 0 Å². The number of amides is 1. The molecule has 5 fully saturated rings. The van der Waals surface area contributed by atoms with Gasteiger partial charge in [0.05, 0.1) is 6.54 Å². The third kappa shape index (κ3) is 2.69. The van der Waals surface area contributed by atoms with Crippen LogP contribution in [0.4, 0.5) is 0 Å². The molecule has 1 aromatic heterocycles. The van der Waals surface area contributed by atoms with Crippen LogP contribution in [0.3, 0.4) is 0 Å². The molecule has 4 heteroatoms. The van der Waals surface area contributed by atoms with Crippen molar-refractivity contribution in [2.45, 2.75) is 63.5 Å². The van der Waals surface area contributed by atoms with Crippen LogP contribution in [0.2, 0.25) is 0 Å². The van der Waals surface area contributed by atoms with Gasteiger partial charge in [-0.2, -0.15) is 0 Å². The van der Waals surface area contributed by atoms with Gasteiger partial charge in [0.1, 0.15) is 5.76 Å². The van der Waals surface area contributed by atoms with Crippen molar-refractivity contribution in [1.29, 1.82) is 0 Å². The van der Waals surface area contributed by atoms with E-state index in [1.54, 1.807) is 0 Å². The fourth-order valence-electron chi connectivity index (χ4n) is 6.31. The summed E-state index contributed by atoms with van der Waals surface area (Å²) in [4.78, 5) is 15.2. The number of nitrogens with one attached hydrogen (secondary N) is 1. The molecule has 1 N–H and O–H groups in total. The summed E-state index contributed by atoms with van der Waals surface area (Å²) in [5, 5.41) is 3.40. The molecular formula is C20H28N2O2. The number of hydrogen-bond acceptors (Lipinski definition) is 3. The van der Waals surface area contributed by atoms with Crippen LogP contribution >= 0.6 is 0 Å². The third-order valence-electron chi connectivity index (χ3n) is 6.88. The standard InChI is InChI=1S/C20H28N2O2/c23-19(18-4-3-17(24-18)13-22-5-1-2-6-22)21-20-10-14-7-15(11-20)9-16(8-14)12-20/h3-4,14-16H,1-2,5-13H2,(H,21,23). The van der Waals surface area contributed by atoms with E-state index in [4.69, 9.17) is 4.42 Å². The fraction of sp³-hybridized carbons (Fsp3) is 0.750. The minimum absolute atomic E-state index is 0.00428. The van der Waals surface area contributed by atoms with Crippen LogP contribution in [0, 0.1) is 17.8 Å². The molecule has 0 aromatic carbocycles. The SMILES string of the molecule is O=C(NC12CC3CC(CC(C3)C1)C2)c1ccc(CN2CCCC2)o1. The van der Waals surface area contributed by atoms with Gasteiger partial charge >= 0.3 is 0 Å². The van der Waals surface area contributed by atoms with Gasteiger partial charge in [-0.1, -0.05) is 0 Å². The third-order valence-corrected chi connectivity index (χ3v) is 6.88. The molecule has 4 bridgehead atoms. The Balaban J connectivity index is 1.26. The van der Waals surface area contributed by atoms with Crippen molar-refractivity contribution in [1.82, 2.24) is 10.2 Å². The molecule has 4 aliphatic carbocycles. The summed E-state index contributed by atoms with van der Waals surface area (Å²) < 4.78 is 5.87. The van der Waals surface area contributed by atoms with Crippen LogP contribution in [0.1, 0.15) is 67.7 Å². The first kappa shape index (κ1) is 15.0. The lowest BCUT2D eigenvalue weighted by molar-refractivity contribution is -0.0171. The Hall–Kier alpha value is -1.29. The van der Waals surface area contributed by atoms with Gasteiger partial charge in [0.25, 0.3) is 5.91 Å². The molecule has 1 aromatic rings. The number of rotatable bonds is 4. The van der Waals surface area contributed by atoms with E-state index < -0.39 is 0 Å². The molecule has 130 valence electrons. The van der Waals surface area contributed by atoms with Crippen molar-refractivity contribution in [3.63, 3.8) is 0 Å². The molecule has 4 nitrogen and oxygen atoms in total. The average Bonchev–Trinajstić information content (AvgIpc) is 3.17. The zero-order valence-electron chi connectivity index (χ0n) is 14.4. The molecule has 0 radical (unpaired) electrons. The van der Waals surface area contributed by atoms with Crippen LogP contribution in [-0.2, 0) is 6.54 Å². The van der Waals surface area contributed by atoms with Gasteiger partial charge in [-0.3, -0.25) is 9.69 Å². The van der Waals surface area contributed by atoms with E-state index >= 15 is 0 Å². The average molecular weight is 328 g/mol. The molecule has 0 unspecified atom stereocenters. The van der Waals surface area contributed by atoms with Gasteiger partial charge in [-0.05, 0) is 94.3 Å². The molecule has 1 amide bonds. The van der Waals surface area contributed by atoms with E-state index in [9.17, 15) is 4.79 Å². The van der Waals surface area contributed by atoms with E-state index in [0.29, 0.717) is 5.76 Å². The maximum absolute atomic E-state index is 12.8. The Labute approximate surface area is 144 Å². The van der Waals surface area contributed by atoms with Crippen LogP contribution in [0.5, 0.6) is 0 Å². The van der Waals surface area contributed by atoms with E-state index in [-0.39, 0.29) is 11.4 Å². The first-order valence-corrected chi connectivity index (χ1v) is 9.81. The van der Waals surface area contributed by atoms with E-state index in [0.717, 1.165) is 43.1 Å². The summed E-state index contributed by atoms with van der Waals surface area (Å²) in [6.45, 7) is 3.13. The van der Waals surface area contributed by atoms with Crippen molar-refractivity contribution >= 4 is 5.91 Å². The van der Waals surface area contributed by atoms with Crippen LogP contribution in [0.25, 0.3) is 0 Å². The van der Waals surface area contributed by atoms with Gasteiger partial charge in [0, 0.05) is 5.54 Å². The number of furan rings is 1. The van der Waals surface area contributed by atoms with Gasteiger partial charge < -0.3 is 9.73 Å². The molecule has 4 saturated carbocycles. The van der Waals surface area contributed by atoms with Crippen LogP contribution in [-0.4, -0.2) is 29.4 Å². The van der Waals surface area contributed by atoms with Crippen LogP contribution in [0.15, 0.2) is 16.5 Å². The van der Waals surface area contributed by atoms with E-state index in [1.165, 1.54) is 51.4 Å². The lowest BCUT2D eigenvalue weighted by Gasteiger charge is -2.56. The lowest BCUT2D eigenvalue weighted by Crippen LogP contribution is -2.59. The second-order valence-electron chi connectivity index (χ2n) is 8.90. The van der Waals surface area contributed by atoms with Gasteiger partial charge in [0.2, 0.25) is 0 Å². The second kappa shape index (κ2) is 5.62. The summed E-state index contributed by atoms with van der Waals surface area (Å²) in [6, 6.07) is 3.84. The molecule has 0 spiro atoms. The smallest absolute Gasteiger partial charge is 0.287 e. The minimum atomic E-state index is 0.00428. The summed E-state index contributed by atoms with van der Waals surface area (Å²) in [5.41, 5.74) is 0.0632. The summed E-state index contributed by atoms with van der Waals surface area (Å²) >= 11 is 0. The van der Waals surface area contributed by atoms with Gasteiger partial charge in [-0.25, -0.2) is 0 Å². The maximum atomic E-state index is 12.8. The topological polar surface area (TPSA) is 45.5 Å². The monoisotopic (exact) mass is 328 g/mol. The highest BCUT2D eigenvalue weighted by molar-refractivity contribution is 5.92. The first-order valence-electron chi connectivity index (χ1n) is 9.81. The minimum Gasteiger partial charge on any atom is -0.455 e. The Morgan fingerprint density at radius 3 is 2.33 bits per heavy atom. The van der Waals surface area contributed by atoms with Crippen molar-refractivity contribution < 1.29 is 9.21 Å². The number of hydrogen-bond donors (Lipinski definition) is 1. The number of carbonyl (C=O) groups is 1. The first-order chi connectivity index (χ1) is 11.7. The number of carbonyl (C=O) groups excluding carboxylic acids is 1. The Bertz CT molecular complexity index is 594. The van der Waals surface area contributed by atoms with Crippen molar-refractivity contribution in [3.05, 3.63) is 23.7 Å². The lowest BCUT2D eigenvalue weighted by atomic mass is 9.53. The van der Waals surface area contributed by atoms with Crippen molar-refractivity contribution in [2.75, 3.05) is 13.1 Å². The Morgan fingerprint density at radius 2 is 1.71 bits per heavy atom. The van der Waals surface area contributed by atoms with E-state index in [1.807, 2.05) is 12.1 Å². The molecule has 6 rings (SSSR count). The molecule has 0 atom stereocenters. The normalized spacial score (nSPS) is 37.9. The summed E-state index contributed by atoms with van der Waals surface area (Å²) in [6.07, 6.45) is 10.3. The number of nitrogens with zero attached hydrogens (tertiary/aromatic N) is 1. The number of likely N-dealkylation sites (tertiary alicyclic amines) is 1. The Kier molecular flexibility index (Phi) is 3.51. The molecular weight excluding hydrogens is 300 g/mol. The quantitative estimate of drug-likeness (QED) is 0.919. The van der Waals surface area contributed by atoms with Crippen molar-refractivity contribution in [3.8, 4) is 0 Å². The predicted octanol–water partition coefficient (Wildman–Crippen LogP) is 3.57. The maximum Gasteiger partial charge on any atom is 0.287 e. The molecule has 1 saturated heterocycles.